The molecule has 0 aliphatic carbocycles. The molecule has 0 spiro atoms. The lowest BCUT2D eigenvalue weighted by Gasteiger charge is -2.29. The molecule has 76 valence electrons. The van der Waals surface area contributed by atoms with Crippen LogP contribution in [0.2, 0.25) is 0 Å². The molecule has 0 bridgehead atoms. The van der Waals surface area contributed by atoms with E-state index in [4.69, 9.17) is 5.11 Å². The van der Waals surface area contributed by atoms with Crippen LogP contribution in [0.3, 0.4) is 0 Å². The Labute approximate surface area is 94.5 Å². The lowest BCUT2D eigenvalue weighted by molar-refractivity contribution is -0.143. The van der Waals surface area contributed by atoms with E-state index >= 15 is 0 Å². The van der Waals surface area contributed by atoms with Crippen LogP contribution in [-0.4, -0.2) is 29.6 Å². The summed E-state index contributed by atoms with van der Waals surface area (Å²) in [5, 5.41) is 9.11. The number of nitrogens with zero attached hydrogens (tertiary/aromatic N) is 1. The van der Waals surface area contributed by atoms with Gasteiger partial charge in [-0.1, -0.05) is 0 Å². The minimum Gasteiger partial charge on any atom is -0.480 e. The van der Waals surface area contributed by atoms with Gasteiger partial charge in [0.2, 0.25) is 0 Å². The van der Waals surface area contributed by atoms with Gasteiger partial charge in [-0.15, -0.1) is 11.3 Å². The third-order valence-corrected chi connectivity index (χ3v) is 4.19. The van der Waals surface area contributed by atoms with E-state index in [1.807, 2.05) is 18.0 Å². The molecule has 0 radical (unpaired) electrons. The van der Waals surface area contributed by atoms with Crippen LogP contribution in [0.15, 0.2) is 9.85 Å². The highest BCUT2D eigenvalue weighted by atomic mass is 79.9. The number of carbonyl (C=O) groups is 1. The fourth-order valence-electron chi connectivity index (χ4n) is 1.80. The van der Waals surface area contributed by atoms with E-state index in [2.05, 4.69) is 15.9 Å². The SMILES string of the molecule is CN1CCc2sc(Br)cc2C1C(=O)O. The molecule has 3 nitrogen and oxygen atoms in total. The number of hydrogen-bond acceptors (Lipinski definition) is 3. The number of fused-ring (bicyclic) bond motifs is 1. The molecule has 1 atom stereocenters. The lowest BCUT2D eigenvalue weighted by Crippen LogP contribution is -2.35. The van der Waals surface area contributed by atoms with Crippen molar-refractivity contribution in [3.05, 3.63) is 20.3 Å². The average Bonchev–Trinajstić information content (AvgIpc) is 2.43. The van der Waals surface area contributed by atoms with Gasteiger partial charge in [0.25, 0.3) is 0 Å². The Morgan fingerprint density at radius 3 is 3.14 bits per heavy atom. The van der Waals surface area contributed by atoms with Crippen molar-refractivity contribution in [1.82, 2.24) is 4.90 Å². The summed E-state index contributed by atoms with van der Waals surface area (Å²) < 4.78 is 1.02. The molecule has 1 aromatic rings. The van der Waals surface area contributed by atoms with E-state index in [1.54, 1.807) is 11.3 Å². The maximum Gasteiger partial charge on any atom is 0.325 e. The molecule has 0 saturated heterocycles. The normalized spacial score (nSPS) is 22.0. The van der Waals surface area contributed by atoms with Crippen LogP contribution in [0.1, 0.15) is 16.5 Å². The van der Waals surface area contributed by atoms with Crippen molar-refractivity contribution in [1.29, 1.82) is 0 Å². The monoisotopic (exact) mass is 275 g/mol. The van der Waals surface area contributed by atoms with Crippen LogP contribution in [0, 0.1) is 0 Å². The van der Waals surface area contributed by atoms with E-state index in [1.165, 1.54) is 4.88 Å². The summed E-state index contributed by atoms with van der Waals surface area (Å²) in [4.78, 5) is 14.2. The Morgan fingerprint density at radius 2 is 2.50 bits per heavy atom. The number of aliphatic carboxylic acids is 1. The van der Waals surface area contributed by atoms with Gasteiger partial charge in [0, 0.05) is 11.4 Å². The summed E-state index contributed by atoms with van der Waals surface area (Å²) in [6, 6.07) is 1.45. The first-order valence-corrected chi connectivity index (χ1v) is 5.91. The van der Waals surface area contributed by atoms with Gasteiger partial charge < -0.3 is 5.11 Å². The Kier molecular flexibility index (Phi) is 2.64. The van der Waals surface area contributed by atoms with Crippen LogP contribution in [0.25, 0.3) is 0 Å². The maximum atomic E-state index is 11.1. The Hall–Kier alpha value is -0.390. The molecule has 1 aliphatic rings. The van der Waals surface area contributed by atoms with E-state index in [-0.39, 0.29) is 0 Å². The third-order valence-electron chi connectivity index (χ3n) is 2.47. The highest BCUT2D eigenvalue weighted by Crippen LogP contribution is 2.37. The minimum atomic E-state index is -0.765. The Bertz CT molecular complexity index is 377. The largest absolute Gasteiger partial charge is 0.480 e. The zero-order chi connectivity index (χ0) is 10.3. The zero-order valence-electron chi connectivity index (χ0n) is 7.66. The van der Waals surface area contributed by atoms with Crippen LogP contribution in [0.5, 0.6) is 0 Å². The van der Waals surface area contributed by atoms with E-state index < -0.39 is 12.0 Å². The highest BCUT2D eigenvalue weighted by molar-refractivity contribution is 9.11. The molecule has 14 heavy (non-hydrogen) atoms. The number of hydrogen-bond donors (Lipinski definition) is 1. The van der Waals surface area contributed by atoms with E-state index in [0.717, 1.165) is 22.3 Å². The highest BCUT2D eigenvalue weighted by Gasteiger charge is 2.31. The molecule has 1 aromatic heterocycles. The maximum absolute atomic E-state index is 11.1. The summed E-state index contributed by atoms with van der Waals surface area (Å²) in [6.07, 6.45) is 0.950. The second-order valence-corrected chi connectivity index (χ2v) is 5.92. The topological polar surface area (TPSA) is 40.5 Å². The first-order chi connectivity index (χ1) is 6.59. The minimum absolute atomic E-state index is 0.471. The standard InChI is InChI=1S/C9H10BrNO2S/c1-11-3-2-6-5(4-7(10)14-6)8(11)9(12)13/h4,8H,2-3H2,1H3,(H,12,13). The second-order valence-electron chi connectivity index (χ2n) is 3.40. The lowest BCUT2D eigenvalue weighted by atomic mass is 10.0. The smallest absolute Gasteiger partial charge is 0.325 e. The first kappa shape index (κ1) is 10.1. The van der Waals surface area contributed by atoms with Gasteiger partial charge in [0.05, 0.1) is 3.79 Å². The van der Waals surface area contributed by atoms with Crippen molar-refractivity contribution in [2.24, 2.45) is 0 Å². The van der Waals surface area contributed by atoms with Crippen LogP contribution in [0.4, 0.5) is 0 Å². The molecule has 0 fully saturated rings. The predicted octanol–water partition coefficient (Wildman–Crippen LogP) is 2.12. The van der Waals surface area contributed by atoms with Gasteiger partial charge in [-0.05, 0) is 41.0 Å². The van der Waals surface area contributed by atoms with Crippen molar-refractivity contribution < 1.29 is 9.90 Å². The summed E-state index contributed by atoms with van der Waals surface area (Å²) in [5.41, 5.74) is 0.947. The Morgan fingerprint density at radius 1 is 1.79 bits per heavy atom. The van der Waals surface area contributed by atoms with Crippen molar-refractivity contribution in [3.63, 3.8) is 0 Å². The number of likely N-dealkylation sites (N-methyl/N-ethyl adjacent to an activating group) is 1. The molecule has 0 aromatic carbocycles. The van der Waals surface area contributed by atoms with Gasteiger partial charge in [0.15, 0.2) is 0 Å². The molecule has 1 aliphatic heterocycles. The van der Waals surface area contributed by atoms with Crippen LogP contribution < -0.4 is 0 Å². The molecular weight excluding hydrogens is 266 g/mol. The van der Waals surface area contributed by atoms with E-state index in [9.17, 15) is 4.79 Å². The molecular formula is C9H10BrNO2S. The van der Waals surface area contributed by atoms with Crippen molar-refractivity contribution >= 4 is 33.2 Å². The van der Waals surface area contributed by atoms with Crippen molar-refractivity contribution in [3.8, 4) is 0 Å². The van der Waals surface area contributed by atoms with Crippen LogP contribution in [-0.2, 0) is 11.2 Å². The fourth-order valence-corrected chi connectivity index (χ4v) is 3.54. The number of halogens is 1. The number of carboxylic acids is 1. The van der Waals surface area contributed by atoms with Crippen molar-refractivity contribution in [2.75, 3.05) is 13.6 Å². The van der Waals surface area contributed by atoms with Gasteiger partial charge in [0.1, 0.15) is 6.04 Å². The molecule has 1 unspecified atom stereocenters. The second kappa shape index (κ2) is 3.64. The average molecular weight is 276 g/mol. The number of carboxylic acid groups (broad SMARTS) is 1. The predicted molar refractivity (Wildman–Crippen MR) is 58.7 cm³/mol. The number of thiophene rings is 1. The summed E-state index contributed by atoms with van der Waals surface area (Å²) in [5.74, 6) is -0.765. The summed E-state index contributed by atoms with van der Waals surface area (Å²) in [7, 11) is 1.85. The molecule has 0 amide bonds. The van der Waals surface area contributed by atoms with Gasteiger partial charge in [-0.3, -0.25) is 9.69 Å². The quantitative estimate of drug-likeness (QED) is 0.854. The van der Waals surface area contributed by atoms with Gasteiger partial charge in [-0.25, -0.2) is 0 Å². The molecule has 5 heteroatoms. The van der Waals surface area contributed by atoms with Crippen molar-refractivity contribution in [2.45, 2.75) is 12.5 Å². The summed E-state index contributed by atoms with van der Waals surface area (Å²) >= 11 is 5.04. The van der Waals surface area contributed by atoms with Crippen LogP contribution >= 0.6 is 27.3 Å². The van der Waals surface area contributed by atoms with E-state index in [0.29, 0.717) is 0 Å². The number of rotatable bonds is 1. The van der Waals surface area contributed by atoms with Gasteiger partial charge in [-0.2, -0.15) is 0 Å². The first-order valence-electron chi connectivity index (χ1n) is 4.30. The zero-order valence-corrected chi connectivity index (χ0v) is 10.1. The fraction of sp³-hybridized carbons (Fsp3) is 0.444. The molecule has 0 saturated carbocycles. The Balaban J connectivity index is 2.45. The molecule has 2 heterocycles. The van der Waals surface area contributed by atoms with Gasteiger partial charge >= 0.3 is 5.97 Å². The third kappa shape index (κ3) is 1.60. The molecule has 2 rings (SSSR count). The molecule has 1 N–H and O–H groups in total. The summed E-state index contributed by atoms with van der Waals surface area (Å²) in [6.45, 7) is 0.816.